The predicted molar refractivity (Wildman–Crippen MR) is 224 cm³/mol. The minimum absolute atomic E-state index is 0.0151. The van der Waals surface area contributed by atoms with Crippen LogP contribution in [0.15, 0.2) is 30.4 Å². The molecule has 1 aromatic heterocycles. The number of pyridine rings is 1. The largest absolute Gasteiger partial charge is 0.483 e. The van der Waals surface area contributed by atoms with E-state index in [1.54, 1.807) is 52.0 Å². The summed E-state index contributed by atoms with van der Waals surface area (Å²) in [6, 6.07) is 2.99. The smallest absolute Gasteiger partial charge is 0.273 e. The Morgan fingerprint density at radius 3 is 2.55 bits per heavy atom. The van der Waals surface area contributed by atoms with Crippen LogP contribution < -0.4 is 24.8 Å². The summed E-state index contributed by atoms with van der Waals surface area (Å²) in [4.78, 5) is 50.1. The van der Waals surface area contributed by atoms with E-state index in [2.05, 4.69) is 27.2 Å². The highest BCUT2D eigenvalue weighted by Gasteiger charge is 2.57. The number of benzene rings is 1. The van der Waals surface area contributed by atoms with Crippen LogP contribution in [0.2, 0.25) is 0 Å². The number of aromatic nitrogens is 1. The number of aryl methyl sites for hydroxylation is 2. The van der Waals surface area contributed by atoms with E-state index < -0.39 is 79.5 Å². The van der Waals surface area contributed by atoms with E-state index in [9.17, 15) is 32.3 Å². The van der Waals surface area contributed by atoms with Crippen LogP contribution in [0.1, 0.15) is 118 Å². The number of halogens is 1. The Balaban J connectivity index is 1.39. The summed E-state index contributed by atoms with van der Waals surface area (Å²) in [7, 11) is -4.21. The number of fused-ring (bicyclic) bond motifs is 5. The molecule has 4 heterocycles. The van der Waals surface area contributed by atoms with Crippen molar-refractivity contribution < 1.29 is 46.5 Å². The molecular weight excluding hydrogens is 794 g/mol. The van der Waals surface area contributed by atoms with Crippen molar-refractivity contribution in [2.24, 2.45) is 5.92 Å². The number of nitrogens with zero attached hydrogens (tertiary/aromatic N) is 2. The van der Waals surface area contributed by atoms with E-state index >= 15 is 0 Å². The molecule has 4 N–H and O–H groups in total. The summed E-state index contributed by atoms with van der Waals surface area (Å²) in [5, 5.41) is 17.5. The lowest BCUT2D eigenvalue weighted by molar-refractivity contribution is -0.188. The minimum Gasteiger partial charge on any atom is -0.483 e. The number of ether oxygens (including phenoxy) is 3. The normalized spacial score (nSPS) is 26.9. The van der Waals surface area contributed by atoms with Crippen LogP contribution in [0, 0.1) is 24.7 Å². The molecule has 328 valence electrons. The number of carbonyl (C=O) groups is 3. The van der Waals surface area contributed by atoms with Gasteiger partial charge in [-0.2, -0.15) is 4.39 Å². The lowest BCUT2D eigenvalue weighted by atomic mass is 9.75. The molecule has 0 bridgehead atoms. The van der Waals surface area contributed by atoms with Gasteiger partial charge in [0.15, 0.2) is 5.54 Å². The number of rotatable bonds is 9. The molecule has 3 aliphatic heterocycles. The molecule has 6 unspecified atom stereocenters. The molecule has 6 atom stereocenters. The van der Waals surface area contributed by atoms with Crippen LogP contribution in [0.4, 0.5) is 4.39 Å². The van der Waals surface area contributed by atoms with Crippen LogP contribution in [0.3, 0.4) is 0 Å². The fourth-order valence-electron chi connectivity index (χ4n) is 8.15. The lowest BCUT2D eigenvalue weighted by Gasteiger charge is -2.39. The van der Waals surface area contributed by atoms with E-state index in [0.29, 0.717) is 54.8 Å². The summed E-state index contributed by atoms with van der Waals surface area (Å²) < 4.78 is 60.5. The van der Waals surface area contributed by atoms with Gasteiger partial charge in [-0.3, -0.25) is 19.7 Å². The summed E-state index contributed by atoms with van der Waals surface area (Å²) >= 11 is 0. The number of allylic oxidation sites excluding steroid dienone is 1. The van der Waals surface area contributed by atoms with Crippen LogP contribution in [0.25, 0.3) is 10.9 Å². The number of nitrogens with one attached hydrogen (secondary N) is 3. The summed E-state index contributed by atoms with van der Waals surface area (Å²) in [6.45, 7) is 14.5. The van der Waals surface area contributed by atoms with Gasteiger partial charge in [0.25, 0.3) is 5.91 Å². The van der Waals surface area contributed by atoms with Crippen LogP contribution >= 0.6 is 0 Å². The second-order valence-corrected chi connectivity index (χ2v) is 20.9. The van der Waals surface area contributed by atoms with Crippen molar-refractivity contribution >= 4 is 38.6 Å². The molecule has 2 aromatic rings. The first kappa shape index (κ1) is 45.2. The maximum absolute atomic E-state index is 14.9. The molecule has 1 saturated heterocycles. The van der Waals surface area contributed by atoms with E-state index in [0.717, 1.165) is 23.8 Å². The fourth-order valence-corrected chi connectivity index (χ4v) is 9.21. The first-order valence-corrected chi connectivity index (χ1v) is 22.4. The third kappa shape index (κ3) is 9.44. The SMILES string of the molecule is CCC(C)(C)S(=O)(=O)NC(=O)C12C#CC1C=CCCCCCC(NC(O)OC(C)(C)C)C(=O)N1CC3(CCc4c(c(C)nc5ccc(OC(C)(C)F)cc45)O3)CC1C(=O)N2. The molecular formula is C44H60FN5O9S. The number of alkyl halides is 1. The number of hydrogen-bond acceptors (Lipinski definition) is 11. The van der Waals surface area contributed by atoms with Crippen LogP contribution in [0.5, 0.6) is 11.5 Å². The van der Waals surface area contributed by atoms with Gasteiger partial charge in [-0.15, -0.1) is 0 Å². The van der Waals surface area contributed by atoms with Crippen molar-refractivity contribution in [3.05, 3.63) is 41.6 Å². The zero-order valence-electron chi connectivity index (χ0n) is 36.2. The summed E-state index contributed by atoms with van der Waals surface area (Å²) in [5.41, 5.74) is -1.69. The van der Waals surface area contributed by atoms with Gasteiger partial charge in [0, 0.05) is 31.2 Å². The Hall–Kier alpha value is -4.30. The average Bonchev–Trinajstić information content (AvgIpc) is 3.50. The fraction of sp³-hybridized carbons (Fsp3) is 0.636. The van der Waals surface area contributed by atoms with Gasteiger partial charge in [-0.1, -0.05) is 43.8 Å². The monoisotopic (exact) mass is 853 g/mol. The standard InChI is InChI=1S/C44H60FN5O9S/c1-10-41(6,7)60(55,56)49-38(53)44-23-20-28(44)16-14-12-11-13-15-17-33(47-39(54)59-40(3,4)5)37(52)50-26-43(25-34(50)36(51)48-44)22-21-30-31-24-29(57-42(8,9)45)18-19-32(31)46-27(2)35(30)58-43/h14,16,18-19,24,28,33-34,39,47,54H,10-13,15,17,21-22,25-26H2,1-9H3,(H,48,51)(H,49,53). The minimum atomic E-state index is -4.21. The Kier molecular flexibility index (Phi) is 12.5. The Morgan fingerprint density at radius 1 is 1.17 bits per heavy atom. The number of sulfonamides is 1. The highest BCUT2D eigenvalue weighted by atomic mass is 32.2. The van der Waals surface area contributed by atoms with Crippen molar-refractivity contribution in [3.8, 4) is 23.3 Å². The molecule has 60 heavy (non-hydrogen) atoms. The molecule has 1 aromatic carbocycles. The van der Waals surface area contributed by atoms with E-state index in [4.69, 9.17) is 19.2 Å². The highest BCUT2D eigenvalue weighted by molar-refractivity contribution is 7.91. The molecule has 6 rings (SSSR count). The second kappa shape index (κ2) is 16.5. The predicted octanol–water partition coefficient (Wildman–Crippen LogP) is 4.98. The third-order valence-electron chi connectivity index (χ3n) is 11.9. The molecule has 1 spiro atoms. The van der Waals surface area contributed by atoms with Gasteiger partial charge in [-0.25, -0.2) is 18.1 Å². The quantitative estimate of drug-likeness (QED) is 0.152. The molecule has 3 amide bonds. The zero-order chi connectivity index (χ0) is 44.1. The topological polar surface area (TPSA) is 185 Å². The number of hydrogen-bond donors (Lipinski definition) is 4. The van der Waals surface area contributed by atoms with E-state index in [-0.39, 0.29) is 19.4 Å². The number of aliphatic hydroxyl groups is 1. The first-order chi connectivity index (χ1) is 27.9. The molecule has 4 aliphatic rings. The Labute approximate surface area is 352 Å². The van der Waals surface area contributed by atoms with Gasteiger partial charge in [0.05, 0.1) is 40.1 Å². The molecule has 0 saturated carbocycles. The van der Waals surface area contributed by atoms with Gasteiger partial charge >= 0.3 is 0 Å². The van der Waals surface area contributed by atoms with Crippen molar-refractivity contribution in [1.82, 2.24) is 25.2 Å². The maximum Gasteiger partial charge on any atom is 0.273 e. The number of aliphatic hydroxyl groups excluding tert-OH is 1. The molecule has 1 fully saturated rings. The van der Waals surface area contributed by atoms with Crippen LogP contribution in [-0.2, 0) is 35.6 Å². The van der Waals surface area contributed by atoms with E-state index in [1.807, 2.05) is 13.0 Å². The first-order valence-electron chi connectivity index (χ1n) is 20.9. The zero-order valence-corrected chi connectivity index (χ0v) is 37.0. The second-order valence-electron chi connectivity index (χ2n) is 18.6. The van der Waals surface area contributed by atoms with Gasteiger partial charge < -0.3 is 29.5 Å². The maximum atomic E-state index is 14.9. The van der Waals surface area contributed by atoms with Crippen molar-refractivity contribution in [1.29, 1.82) is 0 Å². The average molecular weight is 854 g/mol. The number of carbonyl (C=O) groups excluding carboxylic acids is 3. The summed E-state index contributed by atoms with van der Waals surface area (Å²) in [6.07, 6.45) is 6.20. The Bertz CT molecular complexity index is 2220. The van der Waals surface area contributed by atoms with Crippen molar-refractivity contribution in [3.63, 3.8) is 0 Å². The van der Waals surface area contributed by atoms with Crippen LogP contribution in [-0.4, -0.2) is 93.5 Å². The van der Waals surface area contributed by atoms with Crippen molar-refractivity contribution in [2.75, 3.05) is 6.54 Å². The molecule has 1 aliphatic carbocycles. The van der Waals surface area contributed by atoms with Gasteiger partial charge in [-0.05, 0) is 98.3 Å². The molecule has 16 heteroatoms. The van der Waals surface area contributed by atoms with E-state index in [1.165, 1.54) is 32.6 Å². The van der Waals surface area contributed by atoms with Gasteiger partial charge in [0.2, 0.25) is 34.1 Å². The Morgan fingerprint density at radius 2 is 1.90 bits per heavy atom. The number of amides is 3. The summed E-state index contributed by atoms with van der Waals surface area (Å²) in [5.74, 6) is 1.61. The molecule has 0 radical (unpaired) electrons. The molecule has 14 nitrogen and oxygen atoms in total. The van der Waals surface area contributed by atoms with Crippen molar-refractivity contribution in [2.45, 2.75) is 166 Å². The third-order valence-corrected chi connectivity index (χ3v) is 14.1. The highest BCUT2D eigenvalue weighted by Crippen LogP contribution is 2.45. The lowest BCUT2D eigenvalue weighted by Crippen LogP contribution is -2.68. The van der Waals surface area contributed by atoms with Gasteiger partial charge in [0.1, 0.15) is 23.1 Å².